The van der Waals surface area contributed by atoms with Crippen LogP contribution in [0.2, 0.25) is 0 Å². The van der Waals surface area contributed by atoms with Crippen LogP contribution in [0.4, 0.5) is 0 Å². The molecule has 1 saturated heterocycles. The van der Waals surface area contributed by atoms with Gasteiger partial charge in [0, 0.05) is 12.1 Å². The van der Waals surface area contributed by atoms with Gasteiger partial charge in [0.2, 0.25) is 11.7 Å². The summed E-state index contributed by atoms with van der Waals surface area (Å²) in [6.45, 7) is 2.01. The molecule has 114 valence electrons. The van der Waals surface area contributed by atoms with E-state index in [-0.39, 0.29) is 12.4 Å². The van der Waals surface area contributed by atoms with Crippen molar-refractivity contribution < 1.29 is 4.52 Å². The van der Waals surface area contributed by atoms with Gasteiger partial charge in [0.15, 0.2) is 0 Å². The smallest absolute Gasteiger partial charge is 0.231 e. The molecular formula is C17H18ClN3O. The molecule has 4 nitrogen and oxygen atoms in total. The maximum Gasteiger partial charge on any atom is 0.231 e. The summed E-state index contributed by atoms with van der Waals surface area (Å²) in [7, 11) is 0. The highest BCUT2D eigenvalue weighted by Crippen LogP contribution is 2.29. The molecule has 0 bridgehead atoms. The number of nitrogens with zero attached hydrogens (tertiary/aromatic N) is 2. The van der Waals surface area contributed by atoms with E-state index in [0.717, 1.165) is 42.8 Å². The Balaban J connectivity index is 0.00000144. The van der Waals surface area contributed by atoms with E-state index in [1.807, 2.05) is 18.2 Å². The third-order valence-electron chi connectivity index (χ3n) is 4.12. The zero-order valence-electron chi connectivity index (χ0n) is 12.2. The van der Waals surface area contributed by atoms with E-state index in [4.69, 9.17) is 4.52 Å². The van der Waals surface area contributed by atoms with Gasteiger partial charge in [-0.25, -0.2) is 0 Å². The monoisotopic (exact) mass is 315 g/mol. The van der Waals surface area contributed by atoms with Gasteiger partial charge < -0.3 is 9.84 Å². The lowest BCUT2D eigenvalue weighted by Gasteiger charge is -2.18. The Hall–Kier alpha value is -1.91. The first-order chi connectivity index (χ1) is 10.4. The van der Waals surface area contributed by atoms with Gasteiger partial charge in [-0.15, -0.1) is 12.4 Å². The van der Waals surface area contributed by atoms with E-state index in [2.05, 4.69) is 39.7 Å². The van der Waals surface area contributed by atoms with E-state index < -0.39 is 0 Å². The third kappa shape index (κ3) is 2.72. The number of fused-ring (bicyclic) bond motifs is 1. The quantitative estimate of drug-likeness (QED) is 0.782. The first kappa shape index (κ1) is 15.0. The maximum atomic E-state index is 5.51. The number of hydrogen-bond acceptors (Lipinski definition) is 4. The molecule has 0 aliphatic carbocycles. The molecule has 1 aromatic heterocycles. The maximum absolute atomic E-state index is 5.51. The average Bonchev–Trinajstić information content (AvgIpc) is 3.05. The highest BCUT2D eigenvalue weighted by Gasteiger charge is 2.22. The van der Waals surface area contributed by atoms with Crippen molar-refractivity contribution in [1.29, 1.82) is 0 Å². The molecule has 1 aliphatic heterocycles. The first-order valence-corrected chi connectivity index (χ1v) is 7.44. The van der Waals surface area contributed by atoms with Crippen molar-refractivity contribution in [3.05, 3.63) is 48.4 Å². The fourth-order valence-electron chi connectivity index (χ4n) is 2.99. The Morgan fingerprint density at radius 1 is 1.09 bits per heavy atom. The van der Waals surface area contributed by atoms with Gasteiger partial charge in [0.25, 0.3) is 0 Å². The Kier molecular flexibility index (Phi) is 4.41. The lowest BCUT2D eigenvalue weighted by atomic mass is 10.00. The number of hydrogen-bond donors (Lipinski definition) is 1. The highest BCUT2D eigenvalue weighted by molar-refractivity contribution is 5.94. The van der Waals surface area contributed by atoms with Crippen molar-refractivity contribution in [2.45, 2.75) is 18.8 Å². The second-order valence-corrected chi connectivity index (χ2v) is 5.53. The van der Waals surface area contributed by atoms with Gasteiger partial charge in [-0.05, 0) is 30.2 Å². The number of aromatic nitrogens is 2. The molecule has 2 heterocycles. The molecule has 3 aromatic rings. The van der Waals surface area contributed by atoms with Gasteiger partial charge in [0.1, 0.15) is 0 Å². The lowest BCUT2D eigenvalue weighted by Crippen LogP contribution is -2.28. The summed E-state index contributed by atoms with van der Waals surface area (Å²) >= 11 is 0. The zero-order chi connectivity index (χ0) is 14.1. The summed E-state index contributed by atoms with van der Waals surface area (Å²) in [4.78, 5) is 4.64. The van der Waals surface area contributed by atoms with Crippen LogP contribution in [0.3, 0.4) is 0 Å². The largest absolute Gasteiger partial charge is 0.339 e. The summed E-state index contributed by atoms with van der Waals surface area (Å²) in [5, 5.41) is 9.94. The molecule has 1 fully saturated rings. The van der Waals surface area contributed by atoms with E-state index in [9.17, 15) is 0 Å². The second kappa shape index (κ2) is 6.46. The SMILES string of the molecule is Cl.c1ccc2c(-c3noc([C@H]4CCCNC4)n3)cccc2c1. The van der Waals surface area contributed by atoms with Crippen LogP contribution >= 0.6 is 12.4 Å². The van der Waals surface area contributed by atoms with Gasteiger partial charge in [-0.2, -0.15) is 4.98 Å². The minimum atomic E-state index is 0. The van der Waals surface area contributed by atoms with E-state index in [0.29, 0.717) is 11.7 Å². The molecule has 1 N–H and O–H groups in total. The number of rotatable bonds is 2. The van der Waals surface area contributed by atoms with Gasteiger partial charge in [-0.1, -0.05) is 47.6 Å². The van der Waals surface area contributed by atoms with Crippen molar-refractivity contribution in [1.82, 2.24) is 15.5 Å². The molecular weight excluding hydrogens is 298 g/mol. The minimum Gasteiger partial charge on any atom is -0.339 e. The zero-order valence-corrected chi connectivity index (χ0v) is 13.0. The Morgan fingerprint density at radius 2 is 1.95 bits per heavy atom. The summed E-state index contributed by atoms with van der Waals surface area (Å²) in [6, 6.07) is 14.5. The van der Waals surface area contributed by atoms with E-state index in [1.165, 1.54) is 5.39 Å². The number of piperidine rings is 1. The van der Waals surface area contributed by atoms with Gasteiger partial charge >= 0.3 is 0 Å². The summed E-state index contributed by atoms with van der Waals surface area (Å²) in [6.07, 6.45) is 2.28. The van der Waals surface area contributed by atoms with Crippen LogP contribution in [0.25, 0.3) is 22.2 Å². The van der Waals surface area contributed by atoms with Crippen LogP contribution < -0.4 is 5.32 Å². The summed E-state index contributed by atoms with van der Waals surface area (Å²) < 4.78 is 5.51. The van der Waals surface area contributed by atoms with Crippen molar-refractivity contribution in [2.24, 2.45) is 0 Å². The van der Waals surface area contributed by atoms with Crippen LogP contribution in [0.5, 0.6) is 0 Å². The van der Waals surface area contributed by atoms with Crippen LogP contribution in [0.15, 0.2) is 47.0 Å². The van der Waals surface area contributed by atoms with Crippen molar-refractivity contribution in [3.63, 3.8) is 0 Å². The fraction of sp³-hybridized carbons (Fsp3) is 0.294. The fourth-order valence-corrected chi connectivity index (χ4v) is 2.99. The predicted octanol–water partition coefficient (Wildman–Crippen LogP) is 3.78. The number of nitrogens with one attached hydrogen (secondary N) is 1. The molecule has 0 spiro atoms. The molecule has 5 heteroatoms. The molecule has 0 saturated carbocycles. The van der Waals surface area contributed by atoms with Crippen LogP contribution in [0.1, 0.15) is 24.7 Å². The Labute approximate surface area is 135 Å². The van der Waals surface area contributed by atoms with Crippen LogP contribution in [-0.4, -0.2) is 23.2 Å². The summed E-state index contributed by atoms with van der Waals surface area (Å²) in [5.74, 6) is 1.78. The number of benzene rings is 2. The van der Waals surface area contributed by atoms with E-state index >= 15 is 0 Å². The van der Waals surface area contributed by atoms with Gasteiger partial charge in [0.05, 0.1) is 5.92 Å². The van der Waals surface area contributed by atoms with Gasteiger partial charge in [-0.3, -0.25) is 0 Å². The van der Waals surface area contributed by atoms with Crippen molar-refractivity contribution >= 4 is 23.2 Å². The molecule has 0 unspecified atom stereocenters. The average molecular weight is 316 g/mol. The normalized spacial score (nSPS) is 18.1. The van der Waals surface area contributed by atoms with Crippen LogP contribution in [0, 0.1) is 0 Å². The first-order valence-electron chi connectivity index (χ1n) is 7.44. The van der Waals surface area contributed by atoms with Crippen LogP contribution in [-0.2, 0) is 0 Å². The lowest BCUT2D eigenvalue weighted by molar-refractivity contribution is 0.322. The highest BCUT2D eigenvalue weighted by atomic mass is 35.5. The number of halogens is 1. The topological polar surface area (TPSA) is 51.0 Å². The summed E-state index contributed by atoms with van der Waals surface area (Å²) in [5.41, 5.74) is 1.03. The molecule has 1 atom stereocenters. The molecule has 0 amide bonds. The predicted molar refractivity (Wildman–Crippen MR) is 89.3 cm³/mol. The molecule has 22 heavy (non-hydrogen) atoms. The minimum absolute atomic E-state index is 0. The molecule has 1 aliphatic rings. The van der Waals surface area contributed by atoms with Crippen molar-refractivity contribution in [3.8, 4) is 11.4 Å². The third-order valence-corrected chi connectivity index (χ3v) is 4.12. The Bertz CT molecular complexity index is 760. The molecule has 0 radical (unpaired) electrons. The second-order valence-electron chi connectivity index (χ2n) is 5.53. The van der Waals surface area contributed by atoms with E-state index in [1.54, 1.807) is 0 Å². The molecule has 2 aromatic carbocycles. The Morgan fingerprint density at radius 3 is 2.82 bits per heavy atom. The van der Waals surface area contributed by atoms with Crippen molar-refractivity contribution in [2.75, 3.05) is 13.1 Å². The standard InChI is InChI=1S/C17H17N3O.ClH/c1-2-8-14-12(5-1)6-3-9-15(14)16-19-17(21-20-16)13-7-4-10-18-11-13;/h1-3,5-6,8-9,13,18H,4,7,10-11H2;1H/t13-;/m0./s1. The molecule has 4 rings (SSSR count).